The van der Waals surface area contributed by atoms with Crippen molar-refractivity contribution in [3.63, 3.8) is 0 Å². The van der Waals surface area contributed by atoms with Crippen molar-refractivity contribution in [1.82, 2.24) is 4.90 Å². The van der Waals surface area contributed by atoms with Crippen LogP contribution in [-0.4, -0.2) is 45.0 Å². The second-order valence-electron chi connectivity index (χ2n) is 7.57. The SMILES string of the molecule is CCc1ccc(NS(=O)(=O)c2ccc3c(c2)OC[C@H](C(=O)N2CCCCC2)O3)cc1. The smallest absolute Gasteiger partial charge is 0.267 e. The first-order valence-corrected chi connectivity index (χ1v) is 11.8. The number of benzene rings is 2. The number of carbonyl (C=O) groups excluding carboxylic acids is 1. The van der Waals surface area contributed by atoms with Crippen molar-refractivity contribution in [2.75, 3.05) is 24.4 Å². The molecule has 0 spiro atoms. The summed E-state index contributed by atoms with van der Waals surface area (Å²) in [5.74, 6) is 0.624. The number of fused-ring (bicyclic) bond motifs is 1. The minimum absolute atomic E-state index is 0.0672. The Labute approximate surface area is 177 Å². The summed E-state index contributed by atoms with van der Waals surface area (Å²) < 4.78 is 39.6. The average molecular weight is 431 g/mol. The molecule has 0 saturated carbocycles. The molecule has 1 saturated heterocycles. The van der Waals surface area contributed by atoms with Crippen molar-refractivity contribution in [3.05, 3.63) is 48.0 Å². The molecular weight excluding hydrogens is 404 g/mol. The van der Waals surface area contributed by atoms with Crippen molar-refractivity contribution >= 4 is 21.6 Å². The number of rotatable bonds is 5. The average Bonchev–Trinajstić information content (AvgIpc) is 2.78. The fraction of sp³-hybridized carbons (Fsp3) is 0.409. The van der Waals surface area contributed by atoms with E-state index in [2.05, 4.69) is 4.72 Å². The lowest BCUT2D eigenvalue weighted by Gasteiger charge is -2.32. The molecule has 1 atom stereocenters. The van der Waals surface area contributed by atoms with E-state index in [-0.39, 0.29) is 17.4 Å². The molecule has 2 aromatic carbocycles. The molecule has 0 aliphatic carbocycles. The zero-order chi connectivity index (χ0) is 21.1. The fourth-order valence-corrected chi connectivity index (χ4v) is 4.75. The molecule has 0 unspecified atom stereocenters. The Morgan fingerprint density at radius 1 is 1.07 bits per heavy atom. The van der Waals surface area contributed by atoms with Crippen LogP contribution in [0.2, 0.25) is 0 Å². The predicted molar refractivity (Wildman–Crippen MR) is 113 cm³/mol. The number of piperidine rings is 1. The lowest BCUT2D eigenvalue weighted by atomic mass is 10.1. The van der Waals surface area contributed by atoms with Crippen LogP contribution in [-0.2, 0) is 21.2 Å². The van der Waals surface area contributed by atoms with E-state index >= 15 is 0 Å². The summed E-state index contributed by atoms with van der Waals surface area (Å²) in [6.07, 6.45) is 3.34. The minimum atomic E-state index is -3.77. The van der Waals surface area contributed by atoms with Gasteiger partial charge in [-0.15, -0.1) is 0 Å². The fourth-order valence-electron chi connectivity index (χ4n) is 3.68. The molecule has 1 amide bonds. The third kappa shape index (κ3) is 4.38. The maximum Gasteiger partial charge on any atom is 0.267 e. The first kappa shape index (κ1) is 20.5. The zero-order valence-corrected chi connectivity index (χ0v) is 17.8. The number of likely N-dealkylation sites (tertiary alicyclic amines) is 1. The number of carbonyl (C=O) groups is 1. The highest BCUT2D eigenvalue weighted by atomic mass is 32.2. The van der Waals surface area contributed by atoms with Crippen molar-refractivity contribution in [1.29, 1.82) is 0 Å². The molecule has 2 aromatic rings. The number of hydrogen-bond donors (Lipinski definition) is 1. The summed E-state index contributed by atoms with van der Waals surface area (Å²) in [6, 6.07) is 11.7. The molecule has 4 rings (SSSR count). The van der Waals surface area contributed by atoms with Crippen LogP contribution in [0.25, 0.3) is 0 Å². The van der Waals surface area contributed by atoms with Crippen LogP contribution in [0.1, 0.15) is 31.7 Å². The molecule has 0 aromatic heterocycles. The van der Waals surface area contributed by atoms with Gasteiger partial charge in [-0.05, 0) is 55.5 Å². The number of anilines is 1. The Hall–Kier alpha value is -2.74. The van der Waals surface area contributed by atoms with Crippen molar-refractivity contribution in [3.8, 4) is 11.5 Å². The van der Waals surface area contributed by atoms with Gasteiger partial charge in [0.25, 0.3) is 15.9 Å². The summed E-state index contributed by atoms with van der Waals surface area (Å²) in [7, 11) is -3.77. The van der Waals surface area contributed by atoms with Crippen molar-refractivity contribution < 1.29 is 22.7 Å². The molecule has 7 nitrogen and oxygen atoms in total. The van der Waals surface area contributed by atoms with Crippen LogP contribution in [0.5, 0.6) is 11.5 Å². The van der Waals surface area contributed by atoms with E-state index in [1.165, 1.54) is 12.1 Å². The number of ether oxygens (including phenoxy) is 2. The number of nitrogens with one attached hydrogen (secondary N) is 1. The first-order valence-electron chi connectivity index (χ1n) is 10.3. The van der Waals surface area contributed by atoms with Crippen LogP contribution in [0.3, 0.4) is 0 Å². The van der Waals surface area contributed by atoms with Crippen LogP contribution >= 0.6 is 0 Å². The van der Waals surface area contributed by atoms with E-state index in [1.807, 2.05) is 24.0 Å². The van der Waals surface area contributed by atoms with Gasteiger partial charge in [-0.25, -0.2) is 8.42 Å². The molecular formula is C22H26N2O5S. The maximum absolute atomic E-state index is 12.8. The molecule has 2 aliphatic heterocycles. The van der Waals surface area contributed by atoms with Gasteiger partial charge in [0, 0.05) is 24.8 Å². The van der Waals surface area contributed by atoms with Crippen LogP contribution < -0.4 is 14.2 Å². The summed E-state index contributed by atoms with van der Waals surface area (Å²) in [5, 5.41) is 0. The topological polar surface area (TPSA) is 84.9 Å². The second-order valence-corrected chi connectivity index (χ2v) is 9.25. The number of amides is 1. The van der Waals surface area contributed by atoms with Gasteiger partial charge in [0.05, 0.1) is 4.90 Å². The molecule has 0 radical (unpaired) electrons. The van der Waals surface area contributed by atoms with Gasteiger partial charge in [-0.1, -0.05) is 19.1 Å². The van der Waals surface area contributed by atoms with Gasteiger partial charge in [0.2, 0.25) is 6.10 Å². The summed E-state index contributed by atoms with van der Waals surface area (Å²) in [4.78, 5) is 14.5. The minimum Gasteiger partial charge on any atom is -0.485 e. The molecule has 30 heavy (non-hydrogen) atoms. The lowest BCUT2D eigenvalue weighted by Crippen LogP contribution is -2.48. The van der Waals surface area contributed by atoms with Crippen LogP contribution in [0.15, 0.2) is 47.4 Å². The highest BCUT2D eigenvalue weighted by Crippen LogP contribution is 2.35. The van der Waals surface area contributed by atoms with Crippen LogP contribution in [0, 0.1) is 0 Å². The maximum atomic E-state index is 12.8. The first-order chi connectivity index (χ1) is 14.5. The highest BCUT2D eigenvalue weighted by molar-refractivity contribution is 7.92. The molecule has 0 bridgehead atoms. The summed E-state index contributed by atoms with van der Waals surface area (Å²) >= 11 is 0. The Morgan fingerprint density at radius 3 is 2.50 bits per heavy atom. The van der Waals surface area contributed by atoms with E-state index in [0.29, 0.717) is 17.2 Å². The monoisotopic (exact) mass is 430 g/mol. The van der Waals surface area contributed by atoms with Gasteiger partial charge >= 0.3 is 0 Å². The summed E-state index contributed by atoms with van der Waals surface area (Å²) in [5.41, 5.74) is 1.63. The van der Waals surface area contributed by atoms with Gasteiger partial charge in [-0.3, -0.25) is 9.52 Å². The summed E-state index contributed by atoms with van der Waals surface area (Å²) in [6.45, 7) is 3.60. The van der Waals surface area contributed by atoms with E-state index in [1.54, 1.807) is 18.2 Å². The molecule has 2 aliphatic rings. The van der Waals surface area contributed by atoms with Gasteiger partial charge in [0.15, 0.2) is 11.5 Å². The number of hydrogen-bond acceptors (Lipinski definition) is 5. The molecule has 1 fully saturated rings. The van der Waals surface area contributed by atoms with E-state index in [0.717, 1.165) is 44.3 Å². The zero-order valence-electron chi connectivity index (χ0n) is 17.0. The largest absolute Gasteiger partial charge is 0.485 e. The number of aryl methyl sites for hydroxylation is 1. The Bertz CT molecular complexity index is 1010. The lowest BCUT2D eigenvalue weighted by molar-refractivity contribution is -0.142. The quantitative estimate of drug-likeness (QED) is 0.787. The molecule has 2 heterocycles. The van der Waals surface area contributed by atoms with E-state index in [4.69, 9.17) is 9.47 Å². The number of sulfonamides is 1. The second kappa shape index (κ2) is 8.55. The number of nitrogens with zero attached hydrogens (tertiary/aromatic N) is 1. The van der Waals surface area contributed by atoms with Gasteiger partial charge in [-0.2, -0.15) is 0 Å². The Kier molecular flexibility index (Phi) is 5.85. The predicted octanol–water partition coefficient (Wildman–Crippen LogP) is 3.20. The van der Waals surface area contributed by atoms with Crippen LogP contribution in [0.4, 0.5) is 5.69 Å². The Morgan fingerprint density at radius 2 is 1.80 bits per heavy atom. The Balaban J connectivity index is 1.47. The third-order valence-electron chi connectivity index (χ3n) is 5.44. The molecule has 1 N–H and O–H groups in total. The van der Waals surface area contributed by atoms with Gasteiger partial charge < -0.3 is 14.4 Å². The normalized spacial score (nSPS) is 18.7. The molecule has 160 valence electrons. The van der Waals surface area contributed by atoms with E-state index in [9.17, 15) is 13.2 Å². The standard InChI is InChI=1S/C22H26N2O5S/c1-2-16-6-8-17(9-7-16)23-30(26,27)18-10-11-19-20(14-18)28-15-21(29-19)22(25)24-12-4-3-5-13-24/h6-11,14,21,23H,2-5,12-13,15H2,1H3/t21-/m1/s1. The molecule has 8 heteroatoms. The van der Waals surface area contributed by atoms with E-state index < -0.39 is 16.1 Å². The van der Waals surface area contributed by atoms with Crippen molar-refractivity contribution in [2.24, 2.45) is 0 Å². The third-order valence-corrected chi connectivity index (χ3v) is 6.82. The van der Waals surface area contributed by atoms with Gasteiger partial charge in [0.1, 0.15) is 6.61 Å². The van der Waals surface area contributed by atoms with Crippen molar-refractivity contribution in [2.45, 2.75) is 43.6 Å². The highest BCUT2D eigenvalue weighted by Gasteiger charge is 2.32.